The summed E-state index contributed by atoms with van der Waals surface area (Å²) in [5.74, 6) is -0.996. The largest absolute Gasteiger partial charge is 0.480 e. The predicted molar refractivity (Wildman–Crippen MR) is 60.2 cm³/mol. The summed E-state index contributed by atoms with van der Waals surface area (Å²) >= 11 is 5.99. The van der Waals surface area contributed by atoms with E-state index in [0.717, 1.165) is 16.7 Å². The number of hydrogen-bond acceptors (Lipinski definition) is 2. The maximum atomic E-state index is 10.6. The van der Waals surface area contributed by atoms with Crippen molar-refractivity contribution in [3.8, 4) is 0 Å². The number of aryl methyl sites for hydroxylation is 1. The van der Waals surface area contributed by atoms with E-state index < -0.39 is 12.0 Å². The molecule has 0 fully saturated rings. The zero-order valence-electron chi connectivity index (χ0n) is 8.75. The molecule has 15 heavy (non-hydrogen) atoms. The Labute approximate surface area is 93.9 Å². The van der Waals surface area contributed by atoms with Crippen LogP contribution in [0.4, 0.5) is 0 Å². The summed E-state index contributed by atoms with van der Waals surface area (Å²) in [6, 6.07) is 2.82. The summed E-state index contributed by atoms with van der Waals surface area (Å²) in [5, 5.41) is 9.33. The van der Waals surface area contributed by atoms with Gasteiger partial charge in [-0.15, -0.1) is 0 Å². The third kappa shape index (κ3) is 2.94. The Bertz CT molecular complexity index is 367. The van der Waals surface area contributed by atoms with Crippen molar-refractivity contribution in [3.63, 3.8) is 0 Å². The molecule has 0 spiro atoms. The van der Waals surface area contributed by atoms with Crippen LogP contribution in [0.15, 0.2) is 12.1 Å². The minimum atomic E-state index is -0.996. The molecule has 3 N–H and O–H groups in total. The van der Waals surface area contributed by atoms with E-state index in [-0.39, 0.29) is 0 Å². The third-order valence-corrected chi connectivity index (χ3v) is 2.83. The molecule has 0 amide bonds. The normalized spacial score (nSPS) is 12.5. The number of nitrogens with two attached hydrogens (primary N) is 1. The standard InChI is InChI=1S/C11H14ClNO2/c1-6-3-8(4-9(12)7(6)2)5-10(13)11(14)15/h3-4,10H,5,13H2,1-2H3,(H,14,15). The van der Waals surface area contributed by atoms with Crippen LogP contribution in [-0.2, 0) is 11.2 Å². The lowest BCUT2D eigenvalue weighted by atomic mass is 10.0. The first kappa shape index (κ1) is 12.0. The van der Waals surface area contributed by atoms with E-state index in [0.29, 0.717) is 11.4 Å². The van der Waals surface area contributed by atoms with E-state index in [1.807, 2.05) is 19.9 Å². The van der Waals surface area contributed by atoms with Gasteiger partial charge in [-0.25, -0.2) is 0 Å². The van der Waals surface area contributed by atoms with Crippen molar-refractivity contribution in [1.82, 2.24) is 0 Å². The fourth-order valence-electron chi connectivity index (χ4n) is 1.35. The molecular weight excluding hydrogens is 214 g/mol. The summed E-state index contributed by atoms with van der Waals surface area (Å²) in [7, 11) is 0. The molecule has 0 saturated carbocycles. The highest BCUT2D eigenvalue weighted by atomic mass is 35.5. The van der Waals surface area contributed by atoms with Crippen LogP contribution in [0.3, 0.4) is 0 Å². The van der Waals surface area contributed by atoms with Crippen LogP contribution >= 0.6 is 11.6 Å². The lowest BCUT2D eigenvalue weighted by Gasteiger charge is -2.10. The van der Waals surface area contributed by atoms with Gasteiger partial charge in [0.2, 0.25) is 0 Å². The number of aliphatic carboxylic acids is 1. The molecule has 0 aliphatic rings. The van der Waals surface area contributed by atoms with Gasteiger partial charge in [-0.05, 0) is 43.0 Å². The van der Waals surface area contributed by atoms with E-state index in [2.05, 4.69) is 0 Å². The Morgan fingerprint density at radius 2 is 2.13 bits per heavy atom. The first-order valence-electron chi connectivity index (χ1n) is 4.66. The van der Waals surface area contributed by atoms with Gasteiger partial charge in [0.05, 0.1) is 0 Å². The second-order valence-corrected chi connectivity index (χ2v) is 4.08. The van der Waals surface area contributed by atoms with Crippen molar-refractivity contribution in [2.24, 2.45) is 5.73 Å². The van der Waals surface area contributed by atoms with E-state index in [1.54, 1.807) is 6.07 Å². The molecule has 1 aromatic carbocycles. The lowest BCUT2D eigenvalue weighted by Crippen LogP contribution is -2.32. The molecule has 0 aliphatic heterocycles. The van der Waals surface area contributed by atoms with Gasteiger partial charge in [0.25, 0.3) is 0 Å². The topological polar surface area (TPSA) is 63.3 Å². The summed E-state index contributed by atoms with van der Waals surface area (Å²) in [6.07, 6.45) is 0.302. The quantitative estimate of drug-likeness (QED) is 0.829. The highest BCUT2D eigenvalue weighted by Gasteiger charge is 2.13. The first-order chi connectivity index (χ1) is 6.91. The maximum absolute atomic E-state index is 10.6. The fourth-order valence-corrected chi connectivity index (χ4v) is 1.64. The molecule has 1 rings (SSSR count). The van der Waals surface area contributed by atoms with Gasteiger partial charge in [-0.3, -0.25) is 4.79 Å². The maximum Gasteiger partial charge on any atom is 0.320 e. The molecule has 0 bridgehead atoms. The number of hydrogen-bond donors (Lipinski definition) is 2. The number of carboxylic acids is 1. The van der Waals surface area contributed by atoms with E-state index >= 15 is 0 Å². The van der Waals surface area contributed by atoms with Gasteiger partial charge in [0.15, 0.2) is 0 Å². The Kier molecular flexibility index (Phi) is 3.72. The number of rotatable bonds is 3. The molecule has 0 radical (unpaired) electrons. The number of halogens is 1. The second kappa shape index (κ2) is 4.64. The van der Waals surface area contributed by atoms with Crippen LogP contribution in [0, 0.1) is 13.8 Å². The van der Waals surface area contributed by atoms with Crippen LogP contribution in [0.2, 0.25) is 5.02 Å². The summed E-state index contributed by atoms with van der Waals surface area (Å²) < 4.78 is 0. The van der Waals surface area contributed by atoms with Gasteiger partial charge in [-0.2, -0.15) is 0 Å². The van der Waals surface area contributed by atoms with Crippen molar-refractivity contribution >= 4 is 17.6 Å². The minimum Gasteiger partial charge on any atom is -0.480 e. The molecule has 3 nitrogen and oxygen atoms in total. The molecule has 1 unspecified atom stereocenters. The molecule has 0 aromatic heterocycles. The van der Waals surface area contributed by atoms with Crippen molar-refractivity contribution < 1.29 is 9.90 Å². The van der Waals surface area contributed by atoms with Gasteiger partial charge in [0, 0.05) is 5.02 Å². The third-order valence-electron chi connectivity index (χ3n) is 2.44. The number of carboxylic acid groups (broad SMARTS) is 1. The monoisotopic (exact) mass is 227 g/mol. The summed E-state index contributed by atoms with van der Waals surface area (Å²) in [6.45, 7) is 3.87. The number of benzene rings is 1. The van der Waals surface area contributed by atoms with Crippen LogP contribution in [-0.4, -0.2) is 17.1 Å². The lowest BCUT2D eigenvalue weighted by molar-refractivity contribution is -0.138. The zero-order valence-corrected chi connectivity index (χ0v) is 9.51. The molecule has 0 aliphatic carbocycles. The highest BCUT2D eigenvalue weighted by Crippen LogP contribution is 2.21. The van der Waals surface area contributed by atoms with Gasteiger partial charge < -0.3 is 10.8 Å². The van der Waals surface area contributed by atoms with Crippen LogP contribution in [0.5, 0.6) is 0 Å². The van der Waals surface area contributed by atoms with Gasteiger partial charge in [-0.1, -0.05) is 17.7 Å². The molecule has 0 heterocycles. The van der Waals surface area contributed by atoms with Crippen molar-refractivity contribution in [3.05, 3.63) is 33.8 Å². The zero-order chi connectivity index (χ0) is 11.6. The predicted octanol–water partition coefficient (Wildman–Crippen LogP) is 1.91. The molecule has 1 atom stereocenters. The van der Waals surface area contributed by atoms with Crippen molar-refractivity contribution in [2.75, 3.05) is 0 Å². The summed E-state index contributed by atoms with van der Waals surface area (Å²) in [5.41, 5.74) is 8.37. The van der Waals surface area contributed by atoms with E-state index in [9.17, 15) is 4.79 Å². The second-order valence-electron chi connectivity index (χ2n) is 3.67. The Balaban J connectivity index is 2.92. The fraction of sp³-hybridized carbons (Fsp3) is 0.364. The Morgan fingerprint density at radius 3 is 2.60 bits per heavy atom. The van der Waals surface area contributed by atoms with Crippen LogP contribution in [0.25, 0.3) is 0 Å². The highest BCUT2D eigenvalue weighted by molar-refractivity contribution is 6.31. The minimum absolute atomic E-state index is 0.302. The first-order valence-corrected chi connectivity index (χ1v) is 5.03. The smallest absolute Gasteiger partial charge is 0.320 e. The Morgan fingerprint density at radius 1 is 1.53 bits per heavy atom. The van der Waals surface area contributed by atoms with Crippen LogP contribution < -0.4 is 5.73 Å². The average Bonchev–Trinajstić information content (AvgIpc) is 2.13. The van der Waals surface area contributed by atoms with Crippen molar-refractivity contribution in [1.29, 1.82) is 0 Å². The Hall–Kier alpha value is -1.06. The van der Waals surface area contributed by atoms with Crippen LogP contribution in [0.1, 0.15) is 16.7 Å². The SMILES string of the molecule is Cc1cc(CC(N)C(=O)O)cc(Cl)c1C. The van der Waals surface area contributed by atoms with E-state index in [4.69, 9.17) is 22.4 Å². The molecule has 1 aromatic rings. The van der Waals surface area contributed by atoms with E-state index in [1.165, 1.54) is 0 Å². The molecule has 0 saturated heterocycles. The number of carbonyl (C=O) groups is 1. The molecule has 4 heteroatoms. The average molecular weight is 228 g/mol. The van der Waals surface area contributed by atoms with Gasteiger partial charge in [0.1, 0.15) is 6.04 Å². The molecule has 82 valence electrons. The summed E-state index contributed by atoms with van der Waals surface area (Å²) in [4.78, 5) is 10.6. The molecular formula is C11H14ClNO2. The van der Waals surface area contributed by atoms with Crippen molar-refractivity contribution in [2.45, 2.75) is 26.3 Å². The van der Waals surface area contributed by atoms with Gasteiger partial charge >= 0.3 is 5.97 Å².